The molecule has 0 aliphatic heterocycles. The van der Waals surface area contributed by atoms with Gasteiger partial charge in [-0.05, 0) is 77.0 Å². The van der Waals surface area contributed by atoms with Crippen LogP contribution in [0.3, 0.4) is 0 Å². The minimum atomic E-state index is -0.580. The third-order valence-electron chi connectivity index (χ3n) is 11.4. The van der Waals surface area contributed by atoms with Gasteiger partial charge in [-0.1, -0.05) is 247 Å². The van der Waals surface area contributed by atoms with Crippen LogP contribution in [0.5, 0.6) is 0 Å². The summed E-state index contributed by atoms with van der Waals surface area (Å²) < 4.78 is 17.4. The van der Waals surface area contributed by atoms with Crippen molar-refractivity contribution in [3.63, 3.8) is 0 Å². The fourth-order valence-corrected chi connectivity index (χ4v) is 7.48. The summed E-state index contributed by atoms with van der Waals surface area (Å²) in [7, 11) is 0. The summed E-state index contributed by atoms with van der Waals surface area (Å²) in [4.78, 5) is 25.4. The second-order valence-electron chi connectivity index (χ2n) is 17.7. The van der Waals surface area contributed by atoms with Crippen LogP contribution in [0.2, 0.25) is 0 Å². The zero-order valence-corrected chi connectivity index (χ0v) is 42.3. The lowest BCUT2D eigenvalue weighted by atomic mass is 10.0. The van der Waals surface area contributed by atoms with E-state index in [1.54, 1.807) is 0 Å². The number of hydrogen-bond donors (Lipinski definition) is 0. The van der Waals surface area contributed by atoms with Crippen LogP contribution in [0.4, 0.5) is 0 Å². The molecule has 0 saturated heterocycles. The number of carbonyl (C=O) groups is 2. The molecule has 1 atom stereocenters. The second-order valence-corrected chi connectivity index (χ2v) is 17.7. The van der Waals surface area contributed by atoms with E-state index in [-0.39, 0.29) is 25.2 Å². The molecule has 0 aliphatic carbocycles. The molecular weight excluding hydrogens is 789 g/mol. The number of carbonyl (C=O) groups excluding carboxylic acids is 2. The van der Waals surface area contributed by atoms with E-state index in [2.05, 4.69) is 99.8 Å². The summed E-state index contributed by atoms with van der Waals surface area (Å²) in [6.07, 6.45) is 71.9. The molecule has 0 aromatic heterocycles. The molecule has 0 aromatic rings. The van der Waals surface area contributed by atoms with Crippen molar-refractivity contribution in [1.82, 2.24) is 0 Å². The molecule has 0 aliphatic rings. The van der Waals surface area contributed by atoms with Crippen molar-refractivity contribution >= 4 is 11.9 Å². The Morgan fingerprint density at radius 3 is 1.19 bits per heavy atom. The smallest absolute Gasteiger partial charge is 0.306 e. The van der Waals surface area contributed by atoms with Gasteiger partial charge in [0.15, 0.2) is 6.10 Å². The molecule has 0 saturated carbocycles. The molecule has 0 heterocycles. The van der Waals surface area contributed by atoms with Gasteiger partial charge < -0.3 is 14.2 Å². The number of unbranched alkanes of at least 4 members (excludes halogenated alkanes) is 24. The minimum absolute atomic E-state index is 0.0503. The first-order chi connectivity index (χ1) is 31.6. The third kappa shape index (κ3) is 51.7. The van der Waals surface area contributed by atoms with E-state index in [1.807, 2.05) is 6.08 Å². The molecule has 0 aromatic carbocycles. The highest BCUT2D eigenvalue weighted by Gasteiger charge is 2.17. The van der Waals surface area contributed by atoms with E-state index in [4.69, 9.17) is 14.2 Å². The molecule has 0 rings (SSSR count). The Bertz CT molecular complexity index is 1190. The Morgan fingerprint density at radius 1 is 0.359 bits per heavy atom. The molecular formula is C59H102O5. The van der Waals surface area contributed by atoms with Gasteiger partial charge in [-0.2, -0.15) is 0 Å². The fourth-order valence-electron chi connectivity index (χ4n) is 7.48. The predicted octanol–water partition coefficient (Wildman–Crippen LogP) is 18.5. The monoisotopic (exact) mass is 891 g/mol. The van der Waals surface area contributed by atoms with Crippen LogP contribution < -0.4 is 0 Å². The Hall–Kier alpha value is -2.92. The number of ether oxygens (including phenoxy) is 3. The van der Waals surface area contributed by atoms with Gasteiger partial charge in [0.05, 0.1) is 6.61 Å². The maximum Gasteiger partial charge on any atom is 0.306 e. The van der Waals surface area contributed by atoms with Crippen molar-refractivity contribution in [2.75, 3.05) is 19.8 Å². The van der Waals surface area contributed by atoms with Crippen molar-refractivity contribution in [1.29, 1.82) is 0 Å². The van der Waals surface area contributed by atoms with Gasteiger partial charge >= 0.3 is 11.9 Å². The van der Waals surface area contributed by atoms with E-state index in [0.29, 0.717) is 25.9 Å². The maximum absolute atomic E-state index is 12.8. The standard InChI is InChI=1S/C59H102O5/c1-4-7-10-13-16-19-22-25-27-29-31-33-36-39-42-45-48-51-54-62-55-57(64-59(61)53-50-47-44-41-38-34-24-21-18-15-12-9-6-3)56-63-58(60)52-49-46-43-40-37-35-32-30-28-26-23-20-17-14-11-8-5-2/h8-9,11-12,17-18,20-21,26,28,34,38,44,47,57H,4-7,10,13-16,19,22-25,27,29-33,35-37,39-43,45-46,48-56H2,1-3H3/b11-8-,12-9-,20-17-,21-18-,28-26-,38-34-,47-44-. The first-order valence-electron chi connectivity index (χ1n) is 27.1. The highest BCUT2D eigenvalue weighted by Crippen LogP contribution is 2.15. The molecule has 0 N–H and O–H groups in total. The molecule has 0 bridgehead atoms. The van der Waals surface area contributed by atoms with Gasteiger partial charge in [0.25, 0.3) is 0 Å². The Morgan fingerprint density at radius 2 is 0.734 bits per heavy atom. The van der Waals surface area contributed by atoms with Crippen LogP contribution in [0, 0.1) is 0 Å². The SMILES string of the molecule is CC/C=C\C/C=C\C/C=C\C/C=C\CCC(=O)OC(COCCCCCCCCCCCCCCCCCCCC)COC(=O)CCCCCCCCC/C=C\C/C=C\C/C=C\CC. The minimum Gasteiger partial charge on any atom is -0.462 e. The average Bonchev–Trinajstić information content (AvgIpc) is 3.30. The molecule has 5 heteroatoms. The highest BCUT2D eigenvalue weighted by molar-refractivity contribution is 5.70. The lowest BCUT2D eigenvalue weighted by molar-refractivity contribution is -0.162. The van der Waals surface area contributed by atoms with Crippen molar-refractivity contribution in [3.05, 3.63) is 85.1 Å². The lowest BCUT2D eigenvalue weighted by Gasteiger charge is -2.18. The molecule has 0 spiro atoms. The first-order valence-corrected chi connectivity index (χ1v) is 27.1. The molecule has 0 amide bonds. The molecule has 64 heavy (non-hydrogen) atoms. The maximum atomic E-state index is 12.8. The van der Waals surface area contributed by atoms with Crippen molar-refractivity contribution in [2.24, 2.45) is 0 Å². The van der Waals surface area contributed by atoms with Gasteiger partial charge in [0, 0.05) is 19.4 Å². The van der Waals surface area contributed by atoms with Gasteiger partial charge in [-0.25, -0.2) is 0 Å². The van der Waals surface area contributed by atoms with Crippen LogP contribution in [-0.2, 0) is 23.8 Å². The zero-order chi connectivity index (χ0) is 46.3. The van der Waals surface area contributed by atoms with Crippen molar-refractivity contribution in [3.8, 4) is 0 Å². The third-order valence-corrected chi connectivity index (χ3v) is 11.4. The Labute approximate surface area is 397 Å². The normalized spacial score (nSPS) is 12.9. The van der Waals surface area contributed by atoms with E-state index < -0.39 is 6.10 Å². The number of hydrogen-bond acceptors (Lipinski definition) is 5. The summed E-state index contributed by atoms with van der Waals surface area (Å²) in [5, 5.41) is 0. The topological polar surface area (TPSA) is 61.8 Å². The quantitative estimate of drug-likeness (QED) is 0.0346. The van der Waals surface area contributed by atoms with Crippen molar-refractivity contribution < 1.29 is 23.8 Å². The van der Waals surface area contributed by atoms with Crippen molar-refractivity contribution in [2.45, 2.75) is 258 Å². The van der Waals surface area contributed by atoms with Gasteiger partial charge in [0.1, 0.15) is 6.61 Å². The first kappa shape index (κ1) is 61.1. The van der Waals surface area contributed by atoms with Gasteiger partial charge in [-0.3, -0.25) is 9.59 Å². The summed E-state index contributed by atoms with van der Waals surface area (Å²) in [6, 6.07) is 0. The van der Waals surface area contributed by atoms with Crippen LogP contribution >= 0.6 is 0 Å². The fraction of sp³-hybridized carbons (Fsp3) is 0.729. The molecule has 0 fully saturated rings. The molecule has 1 unspecified atom stereocenters. The van der Waals surface area contributed by atoms with Crippen LogP contribution in [0.1, 0.15) is 252 Å². The summed E-state index contributed by atoms with van der Waals surface area (Å²) in [5.74, 6) is -0.497. The zero-order valence-electron chi connectivity index (χ0n) is 42.3. The second kappa shape index (κ2) is 54.4. The molecule has 0 radical (unpaired) electrons. The Kier molecular flexibility index (Phi) is 51.9. The van der Waals surface area contributed by atoms with E-state index in [9.17, 15) is 9.59 Å². The number of allylic oxidation sites excluding steroid dienone is 14. The molecule has 5 nitrogen and oxygen atoms in total. The van der Waals surface area contributed by atoms with Crippen LogP contribution in [0.25, 0.3) is 0 Å². The van der Waals surface area contributed by atoms with E-state index in [1.165, 1.54) is 128 Å². The van der Waals surface area contributed by atoms with Gasteiger partial charge in [-0.15, -0.1) is 0 Å². The largest absolute Gasteiger partial charge is 0.462 e. The highest BCUT2D eigenvalue weighted by atomic mass is 16.6. The predicted molar refractivity (Wildman–Crippen MR) is 279 cm³/mol. The summed E-state index contributed by atoms with van der Waals surface area (Å²) in [6.45, 7) is 7.54. The lowest BCUT2D eigenvalue weighted by Crippen LogP contribution is -2.30. The average molecular weight is 891 g/mol. The number of esters is 2. The number of rotatable bonds is 49. The van der Waals surface area contributed by atoms with Crippen LogP contribution in [-0.4, -0.2) is 37.9 Å². The summed E-state index contributed by atoms with van der Waals surface area (Å²) >= 11 is 0. The van der Waals surface area contributed by atoms with Gasteiger partial charge in [0.2, 0.25) is 0 Å². The Balaban J connectivity index is 4.32. The van der Waals surface area contributed by atoms with E-state index in [0.717, 1.165) is 83.5 Å². The molecule has 368 valence electrons. The van der Waals surface area contributed by atoms with E-state index >= 15 is 0 Å². The summed E-state index contributed by atoms with van der Waals surface area (Å²) in [5.41, 5.74) is 0. The van der Waals surface area contributed by atoms with Crippen LogP contribution in [0.15, 0.2) is 85.1 Å².